The Kier molecular flexibility index (Phi) is 3.80. The third kappa shape index (κ3) is 2.79. The topological polar surface area (TPSA) is 73.4 Å². The van der Waals surface area contributed by atoms with E-state index in [0.717, 1.165) is 48.1 Å². The van der Waals surface area contributed by atoms with Crippen LogP contribution in [0.2, 0.25) is 0 Å². The SMILES string of the molecule is Cc1cnc2[nH]cc(/C=C3\N=C(N4CCCCCC4)NC3=O)c2c1. The number of guanidine groups is 1. The van der Waals surface area contributed by atoms with E-state index in [-0.39, 0.29) is 5.91 Å². The lowest BCUT2D eigenvalue weighted by atomic mass is 10.1. The number of aliphatic imine (C=N–C) groups is 1. The zero-order valence-electron chi connectivity index (χ0n) is 13.8. The highest BCUT2D eigenvalue weighted by Gasteiger charge is 2.25. The van der Waals surface area contributed by atoms with Crippen LogP contribution in [0.15, 0.2) is 29.1 Å². The summed E-state index contributed by atoms with van der Waals surface area (Å²) in [5, 5.41) is 3.92. The Bertz CT molecular complexity index is 840. The van der Waals surface area contributed by atoms with Gasteiger partial charge in [-0.1, -0.05) is 12.8 Å². The summed E-state index contributed by atoms with van der Waals surface area (Å²) in [6, 6.07) is 2.07. The largest absolute Gasteiger partial charge is 0.346 e. The summed E-state index contributed by atoms with van der Waals surface area (Å²) in [5.41, 5.74) is 3.30. The number of hydrogen-bond acceptors (Lipinski definition) is 4. The molecule has 0 bridgehead atoms. The second-order valence-corrected chi connectivity index (χ2v) is 6.47. The van der Waals surface area contributed by atoms with Gasteiger partial charge in [0, 0.05) is 36.4 Å². The molecule has 0 saturated carbocycles. The lowest BCUT2D eigenvalue weighted by Gasteiger charge is -2.20. The molecule has 0 aliphatic carbocycles. The van der Waals surface area contributed by atoms with E-state index >= 15 is 0 Å². The van der Waals surface area contributed by atoms with E-state index in [1.807, 2.05) is 25.4 Å². The molecule has 2 aliphatic rings. The van der Waals surface area contributed by atoms with Crippen LogP contribution in [0, 0.1) is 6.92 Å². The maximum atomic E-state index is 12.3. The van der Waals surface area contributed by atoms with Crippen molar-refractivity contribution in [2.24, 2.45) is 4.99 Å². The highest BCUT2D eigenvalue weighted by molar-refractivity contribution is 6.14. The molecular weight excluding hydrogens is 302 g/mol. The molecule has 0 unspecified atom stereocenters. The molecule has 0 aromatic carbocycles. The van der Waals surface area contributed by atoms with Gasteiger partial charge in [-0.3, -0.25) is 10.1 Å². The number of amides is 1. The molecule has 2 N–H and O–H groups in total. The molecule has 6 nitrogen and oxygen atoms in total. The third-order valence-corrected chi connectivity index (χ3v) is 4.58. The van der Waals surface area contributed by atoms with E-state index < -0.39 is 0 Å². The number of nitrogens with one attached hydrogen (secondary N) is 2. The molecular formula is C18H21N5O. The number of pyridine rings is 1. The molecule has 1 saturated heterocycles. The van der Waals surface area contributed by atoms with Crippen LogP contribution >= 0.6 is 0 Å². The zero-order chi connectivity index (χ0) is 16.5. The second-order valence-electron chi connectivity index (χ2n) is 6.47. The van der Waals surface area contributed by atoms with Crippen LogP contribution in [0.25, 0.3) is 17.1 Å². The summed E-state index contributed by atoms with van der Waals surface area (Å²) >= 11 is 0. The van der Waals surface area contributed by atoms with E-state index in [0.29, 0.717) is 11.7 Å². The lowest BCUT2D eigenvalue weighted by Crippen LogP contribution is -2.40. The monoisotopic (exact) mass is 323 g/mol. The van der Waals surface area contributed by atoms with E-state index in [2.05, 4.69) is 31.2 Å². The van der Waals surface area contributed by atoms with Crippen molar-refractivity contribution >= 4 is 29.0 Å². The molecule has 1 fully saturated rings. The van der Waals surface area contributed by atoms with Crippen molar-refractivity contribution < 1.29 is 4.79 Å². The van der Waals surface area contributed by atoms with Gasteiger partial charge in [0.25, 0.3) is 5.91 Å². The smallest absolute Gasteiger partial charge is 0.276 e. The van der Waals surface area contributed by atoms with Gasteiger partial charge in [0.15, 0.2) is 0 Å². The quantitative estimate of drug-likeness (QED) is 0.792. The van der Waals surface area contributed by atoms with Crippen LogP contribution in [-0.2, 0) is 4.79 Å². The van der Waals surface area contributed by atoms with Crippen molar-refractivity contribution in [2.45, 2.75) is 32.6 Å². The van der Waals surface area contributed by atoms with Crippen LogP contribution in [0.3, 0.4) is 0 Å². The van der Waals surface area contributed by atoms with Crippen molar-refractivity contribution in [3.63, 3.8) is 0 Å². The Hall–Kier alpha value is -2.63. The first-order valence-corrected chi connectivity index (χ1v) is 8.51. The molecule has 0 spiro atoms. The molecule has 4 heterocycles. The lowest BCUT2D eigenvalue weighted by molar-refractivity contribution is -0.115. The van der Waals surface area contributed by atoms with E-state index in [1.54, 1.807) is 0 Å². The number of carbonyl (C=O) groups is 1. The van der Waals surface area contributed by atoms with Gasteiger partial charge in [0.05, 0.1) is 0 Å². The van der Waals surface area contributed by atoms with Crippen molar-refractivity contribution in [2.75, 3.05) is 13.1 Å². The minimum atomic E-state index is -0.135. The first-order chi connectivity index (χ1) is 11.7. The summed E-state index contributed by atoms with van der Waals surface area (Å²) in [4.78, 5) is 26.5. The van der Waals surface area contributed by atoms with Gasteiger partial charge in [-0.2, -0.15) is 0 Å². The van der Waals surface area contributed by atoms with E-state index in [9.17, 15) is 4.79 Å². The predicted octanol–water partition coefficient (Wildman–Crippen LogP) is 2.57. The van der Waals surface area contributed by atoms with Crippen LogP contribution < -0.4 is 5.32 Å². The van der Waals surface area contributed by atoms with Crippen LogP contribution in [0.5, 0.6) is 0 Å². The minimum absolute atomic E-state index is 0.135. The third-order valence-electron chi connectivity index (χ3n) is 4.58. The van der Waals surface area contributed by atoms with Gasteiger partial charge in [-0.25, -0.2) is 9.98 Å². The highest BCUT2D eigenvalue weighted by atomic mass is 16.2. The first-order valence-electron chi connectivity index (χ1n) is 8.51. The van der Waals surface area contributed by atoms with Gasteiger partial charge < -0.3 is 9.88 Å². The molecule has 124 valence electrons. The number of aromatic amines is 1. The van der Waals surface area contributed by atoms with Gasteiger partial charge in [0.1, 0.15) is 11.3 Å². The van der Waals surface area contributed by atoms with Crippen LogP contribution in [-0.4, -0.2) is 39.8 Å². The summed E-state index contributed by atoms with van der Waals surface area (Å²) in [5.74, 6) is 0.562. The summed E-state index contributed by atoms with van der Waals surface area (Å²) < 4.78 is 0. The first kappa shape index (κ1) is 14.9. The number of H-pyrrole nitrogens is 1. The van der Waals surface area contributed by atoms with Crippen LogP contribution in [0.1, 0.15) is 36.8 Å². The van der Waals surface area contributed by atoms with Crippen molar-refractivity contribution in [3.8, 4) is 0 Å². The Balaban J connectivity index is 1.65. The Morgan fingerprint density at radius 1 is 1.21 bits per heavy atom. The predicted molar refractivity (Wildman–Crippen MR) is 94.4 cm³/mol. The summed E-state index contributed by atoms with van der Waals surface area (Å²) in [6.07, 6.45) is 10.3. The number of aromatic nitrogens is 2. The molecule has 2 aliphatic heterocycles. The maximum Gasteiger partial charge on any atom is 0.276 e. The van der Waals surface area contributed by atoms with Crippen molar-refractivity contribution in [1.29, 1.82) is 0 Å². The zero-order valence-corrected chi connectivity index (χ0v) is 13.8. The number of nitrogens with zero attached hydrogens (tertiary/aromatic N) is 3. The summed E-state index contributed by atoms with van der Waals surface area (Å²) in [6.45, 7) is 3.93. The number of carbonyl (C=O) groups excluding carboxylic acids is 1. The van der Waals surface area contributed by atoms with Crippen molar-refractivity contribution in [1.82, 2.24) is 20.2 Å². The molecule has 24 heavy (non-hydrogen) atoms. The summed E-state index contributed by atoms with van der Waals surface area (Å²) in [7, 11) is 0. The molecule has 1 amide bonds. The van der Waals surface area contributed by atoms with E-state index in [4.69, 9.17) is 0 Å². The standard InChI is InChI=1S/C18H21N5O/c1-12-8-14-13(11-20-16(14)19-10-12)9-15-17(24)22-18(21-15)23-6-4-2-3-5-7-23/h8-11H,2-7H2,1H3,(H,19,20)(H,21,22,24)/b15-9-. The molecule has 0 atom stereocenters. The number of rotatable bonds is 1. The molecule has 2 aromatic heterocycles. The second kappa shape index (κ2) is 6.11. The number of aryl methyl sites for hydroxylation is 1. The average molecular weight is 323 g/mol. The highest BCUT2D eigenvalue weighted by Crippen LogP contribution is 2.22. The maximum absolute atomic E-state index is 12.3. The van der Waals surface area contributed by atoms with Crippen molar-refractivity contribution in [3.05, 3.63) is 35.3 Å². The van der Waals surface area contributed by atoms with Crippen LogP contribution in [0.4, 0.5) is 0 Å². The number of likely N-dealkylation sites (tertiary alicyclic amines) is 1. The normalized spacial score (nSPS) is 20.4. The van der Waals surface area contributed by atoms with Gasteiger partial charge in [-0.05, 0) is 37.5 Å². The fraction of sp³-hybridized carbons (Fsp3) is 0.389. The fourth-order valence-corrected chi connectivity index (χ4v) is 3.28. The Morgan fingerprint density at radius 2 is 2.00 bits per heavy atom. The number of hydrogen-bond donors (Lipinski definition) is 2. The Labute approximate surface area is 140 Å². The molecule has 4 rings (SSSR count). The molecule has 0 radical (unpaired) electrons. The van der Waals surface area contributed by atoms with E-state index in [1.165, 1.54) is 12.8 Å². The number of fused-ring (bicyclic) bond motifs is 1. The minimum Gasteiger partial charge on any atom is -0.346 e. The van der Waals surface area contributed by atoms with Gasteiger partial charge >= 0.3 is 0 Å². The van der Waals surface area contributed by atoms with Gasteiger partial charge in [0.2, 0.25) is 5.96 Å². The van der Waals surface area contributed by atoms with Gasteiger partial charge in [-0.15, -0.1) is 0 Å². The Morgan fingerprint density at radius 3 is 2.79 bits per heavy atom. The molecule has 2 aromatic rings. The average Bonchev–Trinajstić information content (AvgIpc) is 3.01. The molecule has 6 heteroatoms. The fourth-order valence-electron chi connectivity index (χ4n) is 3.28.